The first-order valence-electron chi connectivity index (χ1n) is 29.3. The van der Waals surface area contributed by atoms with Crippen LogP contribution in [0.25, 0.3) is 110 Å². The summed E-state index contributed by atoms with van der Waals surface area (Å²) in [5.41, 5.74) is 27.5. The smallest absolute Gasteiger partial charge is 0.142 e. The van der Waals surface area contributed by atoms with E-state index in [9.17, 15) is 0 Å². The minimum Gasteiger partial charge on any atom is -0.456 e. The zero-order chi connectivity index (χ0) is 55.0. The lowest BCUT2D eigenvalue weighted by Crippen LogP contribution is -2.29. The molecule has 3 heterocycles. The summed E-state index contributed by atoms with van der Waals surface area (Å²) >= 11 is 0. The van der Waals surface area contributed by atoms with E-state index in [2.05, 4.69) is 306 Å². The van der Waals surface area contributed by atoms with Crippen LogP contribution >= 0.6 is 0 Å². The monoisotopic (exact) mass is 1070 g/mol. The van der Waals surface area contributed by atoms with E-state index in [0.29, 0.717) is 0 Å². The molecule has 3 atom stereocenters. The SMILES string of the molecule is c1ccc(-c2cc3c4c(c2)C(c2ccccc2-c2ccccc2)c2cc(-n5c6ccccc6c6ccccc65)c5c(oc6ccccc65)c2C4c2ccc(-n4c5ccccc5c5ccccc54)cc2C3c2ccccc2-c2ccccc2)cc1. The molecule has 0 spiro atoms. The number of para-hydroxylation sites is 5. The Labute approximate surface area is 486 Å². The molecule has 392 valence electrons. The summed E-state index contributed by atoms with van der Waals surface area (Å²) in [5.74, 6) is -0.613. The Morgan fingerprint density at radius 1 is 0.262 bits per heavy atom. The van der Waals surface area contributed by atoms with Crippen molar-refractivity contribution in [2.45, 2.75) is 17.8 Å². The van der Waals surface area contributed by atoms with Crippen molar-refractivity contribution >= 4 is 65.6 Å². The van der Waals surface area contributed by atoms with Crippen LogP contribution in [0.15, 0.2) is 302 Å². The van der Waals surface area contributed by atoms with Crippen molar-refractivity contribution in [1.82, 2.24) is 9.13 Å². The molecule has 0 amide bonds. The van der Waals surface area contributed by atoms with Crippen LogP contribution in [0.1, 0.15) is 67.8 Å². The molecule has 84 heavy (non-hydrogen) atoms. The highest BCUT2D eigenvalue weighted by atomic mass is 16.3. The molecule has 2 aliphatic rings. The maximum atomic E-state index is 7.68. The van der Waals surface area contributed by atoms with Gasteiger partial charge < -0.3 is 13.6 Å². The van der Waals surface area contributed by atoms with Crippen molar-refractivity contribution in [2.75, 3.05) is 0 Å². The summed E-state index contributed by atoms with van der Waals surface area (Å²) in [7, 11) is 0. The third kappa shape index (κ3) is 6.81. The zero-order valence-corrected chi connectivity index (χ0v) is 45.8. The molecule has 3 heteroatoms. The van der Waals surface area contributed by atoms with Gasteiger partial charge in [0, 0.05) is 55.9 Å². The number of benzene rings is 13. The summed E-state index contributed by atoms with van der Waals surface area (Å²) in [5, 5.41) is 7.16. The number of nitrogens with zero attached hydrogens (tertiary/aromatic N) is 2. The van der Waals surface area contributed by atoms with Gasteiger partial charge in [-0.2, -0.15) is 0 Å². The summed E-state index contributed by atoms with van der Waals surface area (Å²) in [6.07, 6.45) is 0. The van der Waals surface area contributed by atoms with E-state index >= 15 is 0 Å². The topological polar surface area (TPSA) is 23.0 Å². The Morgan fingerprint density at radius 3 is 1.24 bits per heavy atom. The predicted molar refractivity (Wildman–Crippen MR) is 347 cm³/mol. The zero-order valence-electron chi connectivity index (χ0n) is 45.8. The number of hydrogen-bond acceptors (Lipinski definition) is 1. The summed E-state index contributed by atoms with van der Waals surface area (Å²) in [6, 6.07) is 111. The standard InChI is InChI=1S/C81H52N2O/c1-4-24-50(25-5-1)53-46-66-75(61-36-12-10-30-55(61)51-26-6-2-7-27-51)65-48-54(82-69-39-19-14-32-57(69)58-33-15-20-40-70(58)82)44-45-63(65)79-77(66)67(47-53)76(62-37-13-11-31-56(62)52-28-8-3-9-29-52)68-49-73(78-64-38-18-23-43-74(64)84-81(78)80(68)79)83-71-41-21-16-34-59(71)60-35-17-22-42-72(60)83/h1-49,75-76,79H. The molecule has 0 aliphatic heterocycles. The molecule has 3 nitrogen and oxygen atoms in total. The highest BCUT2D eigenvalue weighted by Gasteiger charge is 2.46. The van der Waals surface area contributed by atoms with Gasteiger partial charge in [-0.25, -0.2) is 0 Å². The van der Waals surface area contributed by atoms with Crippen molar-refractivity contribution in [2.24, 2.45) is 0 Å². The molecule has 0 saturated heterocycles. The molecule has 3 aromatic heterocycles. The Bertz CT molecular complexity index is 5210. The van der Waals surface area contributed by atoms with Crippen molar-refractivity contribution in [3.05, 3.63) is 347 Å². The van der Waals surface area contributed by atoms with E-state index in [1.54, 1.807) is 0 Å². The van der Waals surface area contributed by atoms with Gasteiger partial charge in [0.1, 0.15) is 11.2 Å². The third-order valence-corrected chi connectivity index (χ3v) is 18.6. The lowest BCUT2D eigenvalue weighted by Gasteiger charge is -2.43. The maximum absolute atomic E-state index is 7.68. The average Bonchev–Trinajstić information content (AvgIpc) is 1.38. The van der Waals surface area contributed by atoms with E-state index < -0.39 is 0 Å². The quantitative estimate of drug-likeness (QED) is 0.156. The number of rotatable bonds is 7. The van der Waals surface area contributed by atoms with Gasteiger partial charge in [-0.3, -0.25) is 0 Å². The Hall–Kier alpha value is -10.7. The van der Waals surface area contributed by atoms with Gasteiger partial charge in [0.2, 0.25) is 0 Å². The van der Waals surface area contributed by atoms with Crippen molar-refractivity contribution < 1.29 is 4.42 Å². The van der Waals surface area contributed by atoms with Crippen molar-refractivity contribution in [3.8, 4) is 44.8 Å². The van der Waals surface area contributed by atoms with Crippen LogP contribution < -0.4 is 0 Å². The fraction of sp³-hybridized carbons (Fsp3) is 0.0370. The van der Waals surface area contributed by atoms with E-state index in [1.165, 1.54) is 116 Å². The normalized spacial score (nSPS) is 15.3. The molecule has 16 aromatic rings. The van der Waals surface area contributed by atoms with E-state index in [1.807, 2.05) is 0 Å². The number of furan rings is 1. The van der Waals surface area contributed by atoms with Crippen LogP contribution in [0.3, 0.4) is 0 Å². The van der Waals surface area contributed by atoms with Gasteiger partial charge in [-0.1, -0.05) is 237 Å². The lowest BCUT2D eigenvalue weighted by atomic mass is 9.59. The summed E-state index contributed by atoms with van der Waals surface area (Å²) in [4.78, 5) is 0. The Kier molecular flexibility index (Phi) is 10.3. The van der Waals surface area contributed by atoms with Crippen LogP contribution in [0.5, 0.6) is 0 Å². The van der Waals surface area contributed by atoms with Crippen LogP contribution in [0, 0.1) is 0 Å². The predicted octanol–water partition coefficient (Wildman–Crippen LogP) is 20.9. The van der Waals surface area contributed by atoms with Crippen LogP contribution in [-0.2, 0) is 0 Å². The molecule has 0 fully saturated rings. The fourth-order valence-corrected chi connectivity index (χ4v) is 15.3. The number of aromatic nitrogens is 2. The van der Waals surface area contributed by atoms with Gasteiger partial charge in [-0.05, 0) is 139 Å². The van der Waals surface area contributed by atoms with Crippen LogP contribution in [0.2, 0.25) is 0 Å². The molecule has 3 unspecified atom stereocenters. The molecule has 18 rings (SSSR count). The largest absolute Gasteiger partial charge is 0.456 e. The van der Waals surface area contributed by atoms with Gasteiger partial charge in [0.25, 0.3) is 0 Å². The molecule has 0 bridgehead atoms. The molecule has 13 aromatic carbocycles. The highest BCUT2D eigenvalue weighted by molar-refractivity contribution is 6.16. The Morgan fingerprint density at radius 2 is 0.690 bits per heavy atom. The van der Waals surface area contributed by atoms with E-state index in [0.717, 1.165) is 44.3 Å². The third-order valence-electron chi connectivity index (χ3n) is 18.6. The summed E-state index contributed by atoms with van der Waals surface area (Å²) in [6.45, 7) is 0. The lowest BCUT2D eigenvalue weighted by molar-refractivity contribution is 0.651. The molecule has 0 N–H and O–H groups in total. The molecular weight excluding hydrogens is 1020 g/mol. The second kappa shape index (κ2) is 18.4. The minimum absolute atomic E-state index is 0.173. The van der Waals surface area contributed by atoms with E-state index in [-0.39, 0.29) is 17.8 Å². The maximum Gasteiger partial charge on any atom is 0.142 e. The Balaban J connectivity index is 1.04. The summed E-state index contributed by atoms with van der Waals surface area (Å²) < 4.78 is 12.7. The van der Waals surface area contributed by atoms with Gasteiger partial charge in [-0.15, -0.1) is 0 Å². The molecule has 0 radical (unpaired) electrons. The van der Waals surface area contributed by atoms with Crippen molar-refractivity contribution in [3.63, 3.8) is 0 Å². The average molecular weight is 1070 g/mol. The van der Waals surface area contributed by atoms with Gasteiger partial charge >= 0.3 is 0 Å². The van der Waals surface area contributed by atoms with Gasteiger partial charge in [0.15, 0.2) is 0 Å². The van der Waals surface area contributed by atoms with E-state index in [4.69, 9.17) is 4.42 Å². The first kappa shape index (κ1) is 47.0. The number of hydrogen-bond donors (Lipinski definition) is 0. The van der Waals surface area contributed by atoms with Crippen LogP contribution in [-0.4, -0.2) is 9.13 Å². The minimum atomic E-state index is -0.224. The first-order valence-corrected chi connectivity index (χ1v) is 29.3. The highest BCUT2D eigenvalue weighted by Crippen LogP contribution is 2.61. The van der Waals surface area contributed by atoms with Crippen LogP contribution in [0.4, 0.5) is 0 Å². The second-order valence-corrected chi connectivity index (χ2v) is 22.9. The first-order chi connectivity index (χ1) is 41.7. The molecule has 2 aliphatic carbocycles. The van der Waals surface area contributed by atoms with Crippen molar-refractivity contribution in [1.29, 1.82) is 0 Å². The molecule has 0 saturated carbocycles. The number of fused-ring (bicyclic) bond motifs is 14. The van der Waals surface area contributed by atoms with Gasteiger partial charge in [0.05, 0.1) is 33.1 Å². The fourth-order valence-electron chi connectivity index (χ4n) is 15.3. The second-order valence-electron chi connectivity index (χ2n) is 22.9. The molecular formula is C81H52N2O.